The first-order valence-corrected chi connectivity index (χ1v) is 6.04. The summed E-state index contributed by atoms with van der Waals surface area (Å²) >= 11 is 0. The second-order valence-electron chi connectivity index (χ2n) is 3.57. The second kappa shape index (κ2) is 4.36. The van der Waals surface area contributed by atoms with Crippen LogP contribution in [0.2, 0.25) is 0 Å². The molecule has 1 fully saturated rings. The molecule has 1 heterocycles. The smallest absolute Gasteiger partial charge is 0.274 e. The van der Waals surface area contributed by atoms with Crippen molar-refractivity contribution < 1.29 is 8.42 Å². The zero-order chi connectivity index (χ0) is 9.90. The fourth-order valence-electron chi connectivity index (χ4n) is 1.67. The lowest BCUT2D eigenvalue weighted by molar-refractivity contribution is 0.313. The monoisotopic (exact) mass is 207 g/mol. The van der Waals surface area contributed by atoms with Crippen molar-refractivity contribution in [1.82, 2.24) is 9.62 Å². The molecule has 3 N–H and O–H groups in total. The maximum atomic E-state index is 10.7. The lowest BCUT2D eigenvalue weighted by Gasteiger charge is -2.19. The van der Waals surface area contributed by atoms with Crippen LogP contribution < -0.4 is 9.86 Å². The third-order valence-electron chi connectivity index (χ3n) is 2.10. The summed E-state index contributed by atoms with van der Waals surface area (Å²) in [6.45, 7) is 4.70. The summed E-state index contributed by atoms with van der Waals surface area (Å²) in [5.74, 6) is 0. The Morgan fingerprint density at radius 3 is 2.46 bits per heavy atom. The summed E-state index contributed by atoms with van der Waals surface area (Å²) in [5.41, 5.74) is 0. The van der Waals surface area contributed by atoms with E-state index in [9.17, 15) is 8.42 Å². The standard InChI is InChI=1S/C7H17N3O2S/c1-7(9-13(8,11)12)6-10-4-2-3-5-10/h7,9H,2-6H2,1H3,(H2,8,11,12). The summed E-state index contributed by atoms with van der Waals surface area (Å²) in [6.07, 6.45) is 2.42. The molecule has 0 bridgehead atoms. The maximum absolute atomic E-state index is 10.7. The normalized spacial score (nSPS) is 22.0. The van der Waals surface area contributed by atoms with Crippen molar-refractivity contribution in [3.8, 4) is 0 Å². The van der Waals surface area contributed by atoms with Crippen LogP contribution in [0.5, 0.6) is 0 Å². The van der Waals surface area contributed by atoms with E-state index in [1.165, 1.54) is 12.8 Å². The third kappa shape index (κ3) is 4.56. The molecule has 0 saturated carbocycles. The van der Waals surface area contributed by atoms with Crippen molar-refractivity contribution >= 4 is 10.2 Å². The average molecular weight is 207 g/mol. The number of nitrogens with two attached hydrogens (primary N) is 1. The Morgan fingerprint density at radius 1 is 1.46 bits per heavy atom. The first kappa shape index (κ1) is 10.9. The number of nitrogens with one attached hydrogen (secondary N) is 1. The van der Waals surface area contributed by atoms with E-state index in [0.29, 0.717) is 0 Å². The molecule has 0 aromatic rings. The summed E-state index contributed by atoms with van der Waals surface area (Å²) in [7, 11) is -3.54. The van der Waals surface area contributed by atoms with Gasteiger partial charge in [-0.05, 0) is 32.9 Å². The van der Waals surface area contributed by atoms with Crippen molar-refractivity contribution in [2.24, 2.45) is 5.14 Å². The van der Waals surface area contributed by atoms with Gasteiger partial charge in [0.1, 0.15) is 0 Å². The molecule has 1 saturated heterocycles. The van der Waals surface area contributed by atoms with Crippen molar-refractivity contribution in [2.45, 2.75) is 25.8 Å². The molecule has 0 spiro atoms. The minimum atomic E-state index is -3.54. The highest BCUT2D eigenvalue weighted by Crippen LogP contribution is 2.07. The number of rotatable bonds is 4. The Morgan fingerprint density at radius 2 is 2.00 bits per heavy atom. The lowest BCUT2D eigenvalue weighted by Crippen LogP contribution is -2.43. The van der Waals surface area contributed by atoms with Crippen molar-refractivity contribution in [2.75, 3.05) is 19.6 Å². The Labute approximate surface area is 79.5 Å². The third-order valence-corrected chi connectivity index (χ3v) is 2.83. The maximum Gasteiger partial charge on any atom is 0.274 e. The predicted molar refractivity (Wildman–Crippen MR) is 51.4 cm³/mol. The summed E-state index contributed by atoms with van der Waals surface area (Å²) < 4.78 is 23.7. The SMILES string of the molecule is CC(CN1CCCC1)NS(N)(=O)=O. The minimum absolute atomic E-state index is 0.104. The Balaban J connectivity index is 2.28. The van der Waals surface area contributed by atoms with Gasteiger partial charge in [0, 0.05) is 12.6 Å². The van der Waals surface area contributed by atoms with Gasteiger partial charge in [0.2, 0.25) is 0 Å². The van der Waals surface area contributed by atoms with Gasteiger partial charge < -0.3 is 4.90 Å². The Kier molecular flexibility index (Phi) is 3.66. The van der Waals surface area contributed by atoms with Gasteiger partial charge in [-0.25, -0.2) is 5.14 Å². The highest BCUT2D eigenvalue weighted by Gasteiger charge is 2.16. The molecule has 1 unspecified atom stereocenters. The molecule has 1 atom stereocenters. The van der Waals surface area contributed by atoms with E-state index in [0.717, 1.165) is 19.6 Å². The van der Waals surface area contributed by atoms with E-state index < -0.39 is 10.2 Å². The van der Waals surface area contributed by atoms with Crippen LogP contribution in [0, 0.1) is 0 Å². The van der Waals surface area contributed by atoms with E-state index in [1.807, 2.05) is 6.92 Å². The van der Waals surface area contributed by atoms with E-state index in [1.54, 1.807) is 0 Å². The lowest BCUT2D eigenvalue weighted by atomic mass is 10.3. The fourth-order valence-corrected chi connectivity index (χ4v) is 2.31. The largest absolute Gasteiger partial charge is 0.302 e. The average Bonchev–Trinajstić information content (AvgIpc) is 2.34. The molecule has 0 aliphatic carbocycles. The summed E-state index contributed by atoms with van der Waals surface area (Å²) in [6, 6.07) is -0.104. The molecule has 1 aliphatic heterocycles. The van der Waals surface area contributed by atoms with Gasteiger partial charge in [-0.1, -0.05) is 0 Å². The van der Waals surface area contributed by atoms with Crippen LogP contribution in [0.1, 0.15) is 19.8 Å². The Hall–Kier alpha value is -0.170. The molecular weight excluding hydrogens is 190 g/mol. The number of nitrogens with zero attached hydrogens (tertiary/aromatic N) is 1. The topological polar surface area (TPSA) is 75.4 Å². The molecule has 1 rings (SSSR count). The highest BCUT2D eigenvalue weighted by atomic mass is 32.2. The molecule has 0 aromatic carbocycles. The highest BCUT2D eigenvalue weighted by molar-refractivity contribution is 7.87. The van der Waals surface area contributed by atoms with Crippen LogP contribution >= 0.6 is 0 Å². The van der Waals surface area contributed by atoms with Gasteiger partial charge in [0.05, 0.1) is 0 Å². The van der Waals surface area contributed by atoms with E-state index in [4.69, 9.17) is 5.14 Å². The van der Waals surface area contributed by atoms with Crippen molar-refractivity contribution in [3.63, 3.8) is 0 Å². The summed E-state index contributed by atoms with van der Waals surface area (Å²) in [4.78, 5) is 2.24. The van der Waals surface area contributed by atoms with Crippen LogP contribution in [0.3, 0.4) is 0 Å². The predicted octanol–water partition coefficient (Wildman–Crippen LogP) is -0.736. The second-order valence-corrected chi connectivity index (χ2v) is 4.90. The van der Waals surface area contributed by atoms with Crippen molar-refractivity contribution in [1.29, 1.82) is 0 Å². The van der Waals surface area contributed by atoms with Gasteiger partial charge >= 0.3 is 0 Å². The molecule has 0 aromatic heterocycles. The van der Waals surface area contributed by atoms with E-state index in [2.05, 4.69) is 9.62 Å². The molecular formula is C7H17N3O2S. The molecule has 78 valence electrons. The zero-order valence-corrected chi connectivity index (χ0v) is 8.68. The molecule has 0 radical (unpaired) electrons. The number of likely N-dealkylation sites (tertiary alicyclic amines) is 1. The molecule has 1 aliphatic rings. The van der Waals surface area contributed by atoms with Crippen LogP contribution in [-0.2, 0) is 10.2 Å². The van der Waals surface area contributed by atoms with E-state index >= 15 is 0 Å². The van der Waals surface area contributed by atoms with E-state index in [-0.39, 0.29) is 6.04 Å². The van der Waals surface area contributed by atoms with Crippen molar-refractivity contribution in [3.05, 3.63) is 0 Å². The molecule has 6 heteroatoms. The Bertz CT molecular complexity index is 246. The quantitative estimate of drug-likeness (QED) is 0.638. The minimum Gasteiger partial charge on any atom is -0.302 e. The van der Waals surface area contributed by atoms with Gasteiger partial charge in [-0.3, -0.25) is 0 Å². The van der Waals surface area contributed by atoms with Crippen LogP contribution in [-0.4, -0.2) is 39.0 Å². The summed E-state index contributed by atoms with van der Waals surface area (Å²) in [5, 5.41) is 4.85. The number of hydrogen-bond donors (Lipinski definition) is 2. The molecule has 5 nitrogen and oxygen atoms in total. The molecule has 0 amide bonds. The first-order chi connectivity index (χ1) is 5.97. The van der Waals surface area contributed by atoms with Crippen LogP contribution in [0.15, 0.2) is 0 Å². The number of hydrogen-bond acceptors (Lipinski definition) is 3. The van der Waals surface area contributed by atoms with Gasteiger partial charge in [0.15, 0.2) is 0 Å². The van der Waals surface area contributed by atoms with Gasteiger partial charge in [-0.15, -0.1) is 0 Å². The molecule has 13 heavy (non-hydrogen) atoms. The fraction of sp³-hybridized carbons (Fsp3) is 1.00. The van der Waals surface area contributed by atoms with Crippen LogP contribution in [0.25, 0.3) is 0 Å². The zero-order valence-electron chi connectivity index (χ0n) is 7.86. The van der Waals surface area contributed by atoms with Gasteiger partial charge in [-0.2, -0.15) is 13.1 Å². The van der Waals surface area contributed by atoms with Gasteiger partial charge in [0.25, 0.3) is 10.2 Å². The first-order valence-electron chi connectivity index (χ1n) is 4.50. The van der Waals surface area contributed by atoms with Crippen LogP contribution in [0.4, 0.5) is 0 Å².